The quantitative estimate of drug-likeness (QED) is 0.152. The first-order chi connectivity index (χ1) is 14.8. The Bertz CT molecular complexity index is 755. The number of unbranched alkanes of at least 4 members (excludes halogenated alkanes) is 4. The van der Waals surface area contributed by atoms with Crippen LogP contribution in [0.5, 0.6) is 0 Å². The van der Waals surface area contributed by atoms with Crippen LogP contribution in [0.25, 0.3) is 6.08 Å². The summed E-state index contributed by atoms with van der Waals surface area (Å²) in [6.07, 6.45) is 8.75. The predicted molar refractivity (Wildman–Crippen MR) is 117 cm³/mol. The summed E-state index contributed by atoms with van der Waals surface area (Å²) in [5.74, 6) is -2.18. The molecule has 0 fully saturated rings. The van der Waals surface area contributed by atoms with Crippen LogP contribution in [0.15, 0.2) is 24.3 Å². The fraction of sp³-hybridized carbons (Fsp3) is 0.565. The smallest absolute Gasteiger partial charge is 0.350 e. The fourth-order valence-electron chi connectivity index (χ4n) is 3.06. The van der Waals surface area contributed by atoms with Crippen LogP contribution in [0.3, 0.4) is 0 Å². The Balaban J connectivity index is 2.95. The van der Waals surface area contributed by atoms with Crippen molar-refractivity contribution in [3.05, 3.63) is 45.5 Å². The van der Waals surface area contributed by atoms with Crippen molar-refractivity contribution < 1.29 is 29.1 Å². The van der Waals surface area contributed by atoms with Gasteiger partial charge in [-0.1, -0.05) is 44.4 Å². The summed E-state index contributed by atoms with van der Waals surface area (Å²) in [5, 5.41) is 22.1. The average Bonchev–Trinajstić information content (AvgIpc) is 2.75. The minimum Gasteiger partial charge on any atom is -0.463 e. The molecule has 1 N–H and O–H groups in total. The molecule has 0 bridgehead atoms. The molecule has 0 radical (unpaired) electrons. The van der Waals surface area contributed by atoms with E-state index >= 15 is 0 Å². The number of esters is 2. The van der Waals surface area contributed by atoms with Gasteiger partial charge in [-0.15, -0.1) is 0 Å². The molecule has 1 rings (SSSR count). The highest BCUT2D eigenvalue weighted by Crippen LogP contribution is 2.25. The van der Waals surface area contributed by atoms with Crippen molar-refractivity contribution in [2.24, 2.45) is 0 Å². The number of hydrogen-bond acceptors (Lipinski definition) is 7. The third-order valence-electron chi connectivity index (χ3n) is 4.82. The third kappa shape index (κ3) is 8.13. The number of carbonyl (C=O) groups is 2. The van der Waals surface area contributed by atoms with Gasteiger partial charge in [-0.3, -0.25) is 10.1 Å². The molecule has 1 aromatic carbocycles. The van der Waals surface area contributed by atoms with E-state index in [0.29, 0.717) is 11.1 Å². The van der Waals surface area contributed by atoms with E-state index < -0.39 is 22.5 Å². The number of nitro benzene ring substituents is 1. The lowest BCUT2D eigenvalue weighted by atomic mass is 9.94. The van der Waals surface area contributed by atoms with E-state index in [1.54, 1.807) is 32.1 Å². The van der Waals surface area contributed by atoms with E-state index in [-0.39, 0.29) is 31.7 Å². The zero-order valence-corrected chi connectivity index (χ0v) is 18.6. The summed E-state index contributed by atoms with van der Waals surface area (Å²) in [7, 11) is 0. The van der Waals surface area contributed by atoms with Gasteiger partial charge >= 0.3 is 11.9 Å². The molecule has 0 spiro atoms. The molecule has 0 amide bonds. The molecule has 0 aliphatic carbocycles. The maximum Gasteiger partial charge on any atom is 0.350 e. The molecule has 0 aliphatic heterocycles. The van der Waals surface area contributed by atoms with Crippen LogP contribution in [-0.4, -0.2) is 40.8 Å². The van der Waals surface area contributed by atoms with E-state index in [2.05, 4.69) is 6.92 Å². The van der Waals surface area contributed by atoms with E-state index in [1.165, 1.54) is 12.5 Å². The van der Waals surface area contributed by atoms with Gasteiger partial charge in [0.25, 0.3) is 11.3 Å². The Morgan fingerprint density at radius 1 is 1.10 bits per heavy atom. The van der Waals surface area contributed by atoms with Crippen LogP contribution < -0.4 is 0 Å². The molecule has 0 saturated carbocycles. The minimum absolute atomic E-state index is 0.00844. The van der Waals surface area contributed by atoms with Crippen LogP contribution in [0.1, 0.15) is 70.4 Å². The van der Waals surface area contributed by atoms with Crippen molar-refractivity contribution in [1.82, 2.24) is 0 Å². The fourth-order valence-corrected chi connectivity index (χ4v) is 3.06. The molecule has 0 unspecified atom stereocenters. The second-order valence-electron chi connectivity index (χ2n) is 7.20. The highest BCUT2D eigenvalue weighted by molar-refractivity contribution is 6.03. The lowest BCUT2D eigenvalue weighted by Gasteiger charge is -2.23. The van der Waals surface area contributed by atoms with Gasteiger partial charge < -0.3 is 14.6 Å². The molecule has 1 aromatic rings. The first-order valence-corrected chi connectivity index (χ1v) is 10.8. The molecular weight excluding hydrogens is 402 g/mol. The van der Waals surface area contributed by atoms with Crippen LogP contribution in [0.4, 0.5) is 5.69 Å². The van der Waals surface area contributed by atoms with Crippen molar-refractivity contribution in [3.8, 4) is 0 Å². The molecule has 172 valence electrons. The Labute approximate surface area is 183 Å². The Kier molecular flexibility index (Phi) is 11.5. The molecule has 0 aliphatic rings. The number of allylic oxidation sites excluding steroid dienone is 1. The number of aryl methyl sites for hydroxylation is 1. The number of rotatable bonds is 14. The number of benzene rings is 1. The molecule has 0 saturated heterocycles. The maximum atomic E-state index is 12.2. The van der Waals surface area contributed by atoms with Crippen LogP contribution >= 0.6 is 0 Å². The summed E-state index contributed by atoms with van der Waals surface area (Å²) < 4.78 is 9.63. The van der Waals surface area contributed by atoms with Crippen LogP contribution in [-0.2, 0) is 25.5 Å². The van der Waals surface area contributed by atoms with E-state index in [4.69, 9.17) is 9.47 Å². The van der Waals surface area contributed by atoms with E-state index in [9.17, 15) is 24.8 Å². The van der Waals surface area contributed by atoms with Crippen molar-refractivity contribution in [2.45, 2.75) is 71.3 Å². The zero-order valence-electron chi connectivity index (χ0n) is 18.6. The van der Waals surface area contributed by atoms with Gasteiger partial charge in [-0.05, 0) is 44.7 Å². The molecule has 0 atom stereocenters. The van der Waals surface area contributed by atoms with Crippen LogP contribution in [0.2, 0.25) is 0 Å². The Morgan fingerprint density at radius 3 is 2.29 bits per heavy atom. The molecule has 0 heterocycles. The first kappa shape index (κ1) is 26.3. The number of nitro groups is 1. The summed E-state index contributed by atoms with van der Waals surface area (Å²) in [5.41, 5.74) is -1.54. The normalized spacial score (nSPS) is 11.5. The van der Waals surface area contributed by atoms with Crippen molar-refractivity contribution >= 4 is 23.7 Å². The van der Waals surface area contributed by atoms with E-state index in [0.717, 1.165) is 25.7 Å². The van der Waals surface area contributed by atoms with Gasteiger partial charge in [0.05, 0.1) is 23.7 Å². The largest absolute Gasteiger partial charge is 0.463 e. The lowest BCUT2D eigenvalue weighted by Crippen LogP contribution is -2.49. The summed E-state index contributed by atoms with van der Waals surface area (Å²) in [6.45, 7) is 5.24. The second-order valence-corrected chi connectivity index (χ2v) is 7.20. The molecule has 31 heavy (non-hydrogen) atoms. The topological polar surface area (TPSA) is 116 Å². The van der Waals surface area contributed by atoms with Crippen molar-refractivity contribution in [1.29, 1.82) is 0 Å². The number of hydrogen-bond donors (Lipinski definition) is 1. The first-order valence-electron chi connectivity index (χ1n) is 10.8. The number of carbonyl (C=O) groups excluding carboxylic acids is 2. The van der Waals surface area contributed by atoms with E-state index in [1.807, 2.05) is 6.08 Å². The highest BCUT2D eigenvalue weighted by Gasteiger charge is 2.46. The highest BCUT2D eigenvalue weighted by atomic mass is 16.6. The second kappa shape index (κ2) is 13.5. The average molecular weight is 436 g/mol. The van der Waals surface area contributed by atoms with Gasteiger partial charge in [0.15, 0.2) is 0 Å². The molecular formula is C23H33NO7. The van der Waals surface area contributed by atoms with Gasteiger partial charge in [0.2, 0.25) is 0 Å². The standard InChI is InChI=1S/C23H33NO7/c1-4-7-8-9-10-11-12-19-14-13-18(17-20(19)24(28)29)15-16-23(27,21(25)30-5-2)22(26)31-6-3/h11-14,17,27H,4-10,15-16H2,1-3H3/b12-11+. The summed E-state index contributed by atoms with van der Waals surface area (Å²) in [6, 6.07) is 4.71. The Hall–Kier alpha value is -2.74. The lowest BCUT2D eigenvalue weighted by molar-refractivity contribution is -0.385. The summed E-state index contributed by atoms with van der Waals surface area (Å²) in [4.78, 5) is 35.3. The third-order valence-corrected chi connectivity index (χ3v) is 4.82. The molecule has 8 nitrogen and oxygen atoms in total. The predicted octanol–water partition coefficient (Wildman–Crippen LogP) is 4.37. The number of ether oxygens (including phenoxy) is 2. The minimum atomic E-state index is -2.46. The maximum absolute atomic E-state index is 12.2. The monoisotopic (exact) mass is 435 g/mol. The van der Waals surface area contributed by atoms with Gasteiger partial charge in [0, 0.05) is 12.5 Å². The zero-order chi connectivity index (χ0) is 23.3. The van der Waals surface area contributed by atoms with Crippen LogP contribution in [0, 0.1) is 10.1 Å². The van der Waals surface area contributed by atoms with Gasteiger partial charge in [0.1, 0.15) is 0 Å². The van der Waals surface area contributed by atoms with Crippen molar-refractivity contribution in [3.63, 3.8) is 0 Å². The van der Waals surface area contributed by atoms with Gasteiger partial charge in [-0.25, -0.2) is 9.59 Å². The Morgan fingerprint density at radius 2 is 1.74 bits per heavy atom. The molecule has 8 heteroatoms. The molecule has 0 aromatic heterocycles. The van der Waals surface area contributed by atoms with Crippen molar-refractivity contribution in [2.75, 3.05) is 13.2 Å². The SMILES string of the molecule is CCCCCC/C=C/c1ccc(CCC(O)(C(=O)OCC)C(=O)OCC)cc1[N+](=O)[O-]. The number of aliphatic hydroxyl groups is 1. The summed E-state index contributed by atoms with van der Waals surface area (Å²) >= 11 is 0. The van der Waals surface area contributed by atoms with Gasteiger partial charge in [-0.2, -0.15) is 0 Å². The number of nitrogens with zero attached hydrogens (tertiary/aromatic N) is 1.